The van der Waals surface area contributed by atoms with Crippen molar-refractivity contribution in [1.29, 1.82) is 0 Å². The second kappa shape index (κ2) is 6.38. The Labute approximate surface area is 75.9 Å². The monoisotopic (exact) mass is 190 g/mol. The third-order valence-corrected chi connectivity index (χ3v) is 1.31. The zero-order valence-electron chi connectivity index (χ0n) is 7.41. The molecule has 1 amide bonds. The fraction of sp³-hybridized carbons (Fsp3) is 0.714. The Hall–Kier alpha value is -1.14. The zero-order chi connectivity index (χ0) is 10.3. The number of nitrogens with one attached hydrogen (secondary N) is 2. The molecule has 6 heteroatoms. The predicted octanol–water partition coefficient (Wildman–Crippen LogP) is -1.84. The molecule has 0 saturated heterocycles. The molecule has 0 bridgehead atoms. The summed E-state index contributed by atoms with van der Waals surface area (Å²) in [4.78, 5) is 21.1. The maximum atomic E-state index is 10.5. The fourth-order valence-electron chi connectivity index (χ4n) is 0.771. The number of aliphatic carboxylic acids is 1. The van der Waals surface area contributed by atoms with E-state index in [0.717, 1.165) is 0 Å². The summed E-state index contributed by atoms with van der Waals surface area (Å²) >= 11 is 0. The number of hydrogen-bond donors (Lipinski definition) is 4. The molecule has 0 aliphatic heterocycles. The van der Waals surface area contributed by atoms with Crippen LogP contribution in [0.15, 0.2) is 0 Å². The molecule has 0 aromatic heterocycles. The van der Waals surface area contributed by atoms with Gasteiger partial charge in [0.25, 0.3) is 0 Å². The van der Waals surface area contributed by atoms with Crippen LogP contribution >= 0.6 is 0 Å². The minimum atomic E-state index is -1.10. The van der Waals surface area contributed by atoms with E-state index in [1.54, 1.807) is 0 Å². The molecule has 4 N–H and O–H groups in total. The maximum absolute atomic E-state index is 10.5. The summed E-state index contributed by atoms with van der Waals surface area (Å²) in [7, 11) is 0. The SMILES string of the molecule is CC(=O)NC(CNCCO)C(=O)O. The number of carbonyl (C=O) groups excluding carboxylic acids is 1. The van der Waals surface area contributed by atoms with E-state index in [-0.39, 0.29) is 13.2 Å². The molecule has 0 rings (SSSR count). The third kappa shape index (κ3) is 6.06. The first kappa shape index (κ1) is 11.9. The van der Waals surface area contributed by atoms with Crippen LogP contribution in [0, 0.1) is 0 Å². The lowest BCUT2D eigenvalue weighted by atomic mass is 10.3. The molecule has 1 unspecified atom stereocenters. The molecule has 0 fully saturated rings. The third-order valence-electron chi connectivity index (χ3n) is 1.31. The van der Waals surface area contributed by atoms with E-state index in [1.807, 2.05) is 0 Å². The number of aliphatic hydroxyl groups excluding tert-OH is 1. The molecule has 0 heterocycles. The van der Waals surface area contributed by atoms with Crippen molar-refractivity contribution in [2.75, 3.05) is 19.7 Å². The van der Waals surface area contributed by atoms with Crippen LogP contribution in [0.1, 0.15) is 6.92 Å². The molecule has 0 saturated carbocycles. The van der Waals surface area contributed by atoms with Gasteiger partial charge in [-0.05, 0) is 0 Å². The van der Waals surface area contributed by atoms with Crippen molar-refractivity contribution in [3.05, 3.63) is 0 Å². The number of aliphatic hydroxyl groups is 1. The van der Waals surface area contributed by atoms with Gasteiger partial charge in [-0.1, -0.05) is 0 Å². The molecule has 0 spiro atoms. The first-order valence-corrected chi connectivity index (χ1v) is 3.89. The largest absolute Gasteiger partial charge is 0.480 e. The molecule has 0 aliphatic carbocycles. The number of carboxylic acids is 1. The number of amides is 1. The lowest BCUT2D eigenvalue weighted by molar-refractivity contribution is -0.141. The van der Waals surface area contributed by atoms with E-state index in [2.05, 4.69) is 10.6 Å². The van der Waals surface area contributed by atoms with Crippen LogP contribution in [-0.2, 0) is 9.59 Å². The Morgan fingerprint density at radius 2 is 2.08 bits per heavy atom. The quantitative estimate of drug-likeness (QED) is 0.369. The van der Waals surface area contributed by atoms with E-state index in [0.29, 0.717) is 6.54 Å². The van der Waals surface area contributed by atoms with Crippen molar-refractivity contribution in [2.24, 2.45) is 0 Å². The van der Waals surface area contributed by atoms with Crippen LogP contribution in [0.4, 0.5) is 0 Å². The average molecular weight is 190 g/mol. The second-order valence-electron chi connectivity index (χ2n) is 2.52. The molecule has 13 heavy (non-hydrogen) atoms. The van der Waals surface area contributed by atoms with Crippen molar-refractivity contribution in [2.45, 2.75) is 13.0 Å². The number of carbonyl (C=O) groups is 2. The number of rotatable bonds is 6. The smallest absolute Gasteiger partial charge is 0.327 e. The minimum Gasteiger partial charge on any atom is -0.480 e. The summed E-state index contributed by atoms with van der Waals surface area (Å²) in [6.45, 7) is 1.60. The summed E-state index contributed by atoms with van der Waals surface area (Å²) in [5, 5.41) is 21.9. The highest BCUT2D eigenvalue weighted by Gasteiger charge is 2.16. The number of hydrogen-bond acceptors (Lipinski definition) is 4. The van der Waals surface area contributed by atoms with Gasteiger partial charge >= 0.3 is 5.97 Å². The molecular weight excluding hydrogens is 176 g/mol. The Balaban J connectivity index is 3.81. The summed E-state index contributed by atoms with van der Waals surface area (Å²) in [5.41, 5.74) is 0. The normalized spacial score (nSPS) is 12.2. The van der Waals surface area contributed by atoms with Gasteiger partial charge in [0.15, 0.2) is 0 Å². The van der Waals surface area contributed by atoms with Gasteiger partial charge in [-0.15, -0.1) is 0 Å². The van der Waals surface area contributed by atoms with E-state index in [1.165, 1.54) is 6.92 Å². The first-order chi connectivity index (χ1) is 6.07. The summed E-state index contributed by atoms with van der Waals surface area (Å²) in [5.74, 6) is -1.49. The number of carboxylic acid groups (broad SMARTS) is 1. The molecular formula is C7H14N2O4. The minimum absolute atomic E-state index is 0.0631. The summed E-state index contributed by atoms with van der Waals surface area (Å²) in [6.07, 6.45) is 0. The molecule has 76 valence electrons. The van der Waals surface area contributed by atoms with Crippen molar-refractivity contribution in [3.8, 4) is 0 Å². The van der Waals surface area contributed by atoms with Crippen LogP contribution in [0.25, 0.3) is 0 Å². The van der Waals surface area contributed by atoms with E-state index < -0.39 is 17.9 Å². The Kier molecular flexibility index (Phi) is 5.82. The van der Waals surface area contributed by atoms with Crippen LogP contribution < -0.4 is 10.6 Å². The lowest BCUT2D eigenvalue weighted by Gasteiger charge is -2.13. The molecule has 1 atom stereocenters. The highest BCUT2D eigenvalue weighted by atomic mass is 16.4. The molecule has 0 aliphatic rings. The van der Waals surface area contributed by atoms with Crippen LogP contribution in [-0.4, -0.2) is 47.8 Å². The Morgan fingerprint density at radius 3 is 2.46 bits per heavy atom. The van der Waals surface area contributed by atoms with Gasteiger partial charge in [-0.25, -0.2) is 4.79 Å². The fourth-order valence-corrected chi connectivity index (χ4v) is 0.771. The van der Waals surface area contributed by atoms with E-state index in [4.69, 9.17) is 10.2 Å². The summed E-state index contributed by atoms with van der Waals surface area (Å²) in [6, 6.07) is -0.941. The van der Waals surface area contributed by atoms with Gasteiger partial charge in [-0.3, -0.25) is 4.79 Å². The highest BCUT2D eigenvalue weighted by molar-refractivity contribution is 5.82. The molecule has 0 aromatic rings. The Morgan fingerprint density at radius 1 is 1.46 bits per heavy atom. The van der Waals surface area contributed by atoms with Gasteiger partial charge in [0, 0.05) is 20.0 Å². The van der Waals surface area contributed by atoms with Gasteiger partial charge in [0.2, 0.25) is 5.91 Å². The van der Waals surface area contributed by atoms with E-state index >= 15 is 0 Å². The van der Waals surface area contributed by atoms with Crippen molar-refractivity contribution in [1.82, 2.24) is 10.6 Å². The van der Waals surface area contributed by atoms with E-state index in [9.17, 15) is 9.59 Å². The maximum Gasteiger partial charge on any atom is 0.327 e. The molecule has 6 nitrogen and oxygen atoms in total. The van der Waals surface area contributed by atoms with Crippen LogP contribution in [0.3, 0.4) is 0 Å². The van der Waals surface area contributed by atoms with Gasteiger partial charge < -0.3 is 20.8 Å². The summed E-state index contributed by atoms with van der Waals surface area (Å²) < 4.78 is 0. The van der Waals surface area contributed by atoms with Crippen molar-refractivity contribution in [3.63, 3.8) is 0 Å². The topological polar surface area (TPSA) is 98.7 Å². The average Bonchev–Trinajstić information content (AvgIpc) is 2.02. The predicted molar refractivity (Wildman–Crippen MR) is 45.2 cm³/mol. The van der Waals surface area contributed by atoms with Crippen LogP contribution in [0.2, 0.25) is 0 Å². The Bertz CT molecular complexity index is 183. The molecule has 0 aromatic carbocycles. The van der Waals surface area contributed by atoms with Gasteiger partial charge in [0.05, 0.1) is 6.61 Å². The lowest BCUT2D eigenvalue weighted by Crippen LogP contribution is -2.46. The van der Waals surface area contributed by atoms with Crippen molar-refractivity contribution < 1.29 is 19.8 Å². The second-order valence-corrected chi connectivity index (χ2v) is 2.52. The van der Waals surface area contributed by atoms with Crippen LogP contribution in [0.5, 0.6) is 0 Å². The van der Waals surface area contributed by atoms with Crippen molar-refractivity contribution >= 4 is 11.9 Å². The first-order valence-electron chi connectivity index (χ1n) is 3.89. The zero-order valence-corrected chi connectivity index (χ0v) is 7.41. The van der Waals surface area contributed by atoms with Gasteiger partial charge in [-0.2, -0.15) is 0 Å². The standard InChI is InChI=1S/C7H14N2O4/c1-5(11)9-6(7(12)13)4-8-2-3-10/h6,8,10H,2-4H2,1H3,(H,9,11)(H,12,13). The van der Waals surface area contributed by atoms with Gasteiger partial charge in [0.1, 0.15) is 6.04 Å². The molecule has 0 radical (unpaired) electrons. The highest BCUT2D eigenvalue weighted by Crippen LogP contribution is 1.81.